The molecule has 88 valence electrons. The van der Waals surface area contributed by atoms with Gasteiger partial charge in [-0.2, -0.15) is 0 Å². The van der Waals surface area contributed by atoms with Gasteiger partial charge in [-0.25, -0.2) is 4.79 Å². The van der Waals surface area contributed by atoms with Gasteiger partial charge in [0.1, 0.15) is 5.75 Å². The summed E-state index contributed by atoms with van der Waals surface area (Å²) >= 11 is 0. The Balaban J connectivity index is 2.63. The fraction of sp³-hybridized carbons (Fsp3) is 0.417. The highest BCUT2D eigenvalue weighted by Crippen LogP contribution is 2.24. The largest absolute Gasteiger partial charge is 0.482 e. The smallest absolute Gasteiger partial charge is 0.344 e. The van der Waals surface area contributed by atoms with E-state index >= 15 is 0 Å². The predicted molar refractivity (Wildman–Crippen MR) is 59.2 cm³/mol. The molecule has 1 rings (SSSR count). The van der Waals surface area contributed by atoms with Gasteiger partial charge >= 0.3 is 5.97 Å². The Morgan fingerprint density at radius 2 is 2.12 bits per heavy atom. The number of rotatable bonds is 5. The first kappa shape index (κ1) is 12.5. The molecule has 16 heavy (non-hydrogen) atoms. The molecule has 0 aliphatic heterocycles. The quantitative estimate of drug-likeness (QED) is 0.773. The first-order chi connectivity index (χ1) is 7.65. The van der Waals surface area contributed by atoms with Crippen molar-refractivity contribution in [3.05, 3.63) is 29.8 Å². The van der Waals surface area contributed by atoms with E-state index in [9.17, 15) is 9.90 Å². The van der Waals surface area contributed by atoms with Crippen LogP contribution in [0.15, 0.2) is 24.3 Å². The van der Waals surface area contributed by atoms with Crippen LogP contribution in [0.25, 0.3) is 0 Å². The molecule has 0 heterocycles. The summed E-state index contributed by atoms with van der Waals surface area (Å²) in [6.07, 6.45) is -0.626. The number of aliphatic hydroxyl groups is 1. The average molecular weight is 224 g/mol. The number of hydrogen-bond donors (Lipinski definition) is 1. The minimum absolute atomic E-state index is 0.141. The van der Waals surface area contributed by atoms with Gasteiger partial charge in [0.15, 0.2) is 6.61 Å². The first-order valence-electron chi connectivity index (χ1n) is 5.20. The molecule has 0 aliphatic carbocycles. The van der Waals surface area contributed by atoms with Crippen molar-refractivity contribution in [2.75, 3.05) is 13.2 Å². The van der Waals surface area contributed by atoms with Crippen LogP contribution in [-0.2, 0) is 9.53 Å². The standard InChI is InChI=1S/C12H16O4/c1-3-15-12(14)8-16-11-7-5-4-6-10(11)9(2)13/h4-7,9,13H,3,8H2,1-2H3. The predicted octanol–water partition coefficient (Wildman–Crippen LogP) is 1.68. The van der Waals surface area contributed by atoms with Gasteiger partial charge in [-0.1, -0.05) is 18.2 Å². The number of ether oxygens (including phenoxy) is 2. The molecular weight excluding hydrogens is 208 g/mol. The van der Waals surface area contributed by atoms with E-state index in [2.05, 4.69) is 0 Å². The van der Waals surface area contributed by atoms with Crippen LogP contribution in [0.1, 0.15) is 25.5 Å². The first-order valence-corrected chi connectivity index (χ1v) is 5.20. The van der Waals surface area contributed by atoms with Crippen molar-refractivity contribution in [3.8, 4) is 5.75 Å². The second-order valence-corrected chi connectivity index (χ2v) is 3.31. The van der Waals surface area contributed by atoms with E-state index in [0.29, 0.717) is 17.9 Å². The number of para-hydroxylation sites is 1. The average Bonchev–Trinajstić information content (AvgIpc) is 2.27. The summed E-state index contributed by atoms with van der Waals surface area (Å²) in [7, 11) is 0. The molecule has 0 aliphatic rings. The van der Waals surface area contributed by atoms with Crippen LogP contribution >= 0.6 is 0 Å². The zero-order valence-corrected chi connectivity index (χ0v) is 9.47. The minimum Gasteiger partial charge on any atom is -0.482 e. The van der Waals surface area contributed by atoms with Gasteiger partial charge in [0.2, 0.25) is 0 Å². The number of aliphatic hydroxyl groups excluding tert-OH is 1. The molecule has 1 aromatic carbocycles. The third kappa shape index (κ3) is 3.55. The van der Waals surface area contributed by atoms with Gasteiger partial charge in [0, 0.05) is 5.56 Å². The summed E-state index contributed by atoms with van der Waals surface area (Å²) in [5.41, 5.74) is 0.659. The van der Waals surface area contributed by atoms with Crippen molar-refractivity contribution in [2.24, 2.45) is 0 Å². The second-order valence-electron chi connectivity index (χ2n) is 3.31. The third-order valence-corrected chi connectivity index (χ3v) is 2.02. The summed E-state index contributed by atoms with van der Waals surface area (Å²) in [5, 5.41) is 9.48. The Bertz CT molecular complexity index is 347. The van der Waals surface area contributed by atoms with Gasteiger partial charge in [0.25, 0.3) is 0 Å². The number of carbonyl (C=O) groups is 1. The van der Waals surface area contributed by atoms with E-state index in [-0.39, 0.29) is 6.61 Å². The SMILES string of the molecule is CCOC(=O)COc1ccccc1C(C)O. The van der Waals surface area contributed by atoms with Crippen LogP contribution in [0.4, 0.5) is 0 Å². The molecule has 0 spiro atoms. The van der Waals surface area contributed by atoms with Crippen molar-refractivity contribution >= 4 is 5.97 Å². The summed E-state index contributed by atoms with van der Waals surface area (Å²) in [4.78, 5) is 11.1. The minimum atomic E-state index is -0.626. The van der Waals surface area contributed by atoms with Crippen LogP contribution in [0.5, 0.6) is 5.75 Å². The maximum Gasteiger partial charge on any atom is 0.344 e. The summed E-state index contributed by atoms with van der Waals surface area (Å²) in [6.45, 7) is 3.58. The van der Waals surface area contributed by atoms with Gasteiger partial charge in [-0.3, -0.25) is 0 Å². The van der Waals surface area contributed by atoms with E-state index in [0.717, 1.165) is 0 Å². The zero-order valence-electron chi connectivity index (χ0n) is 9.47. The molecule has 0 fully saturated rings. The molecule has 1 N–H and O–H groups in total. The van der Waals surface area contributed by atoms with E-state index in [4.69, 9.17) is 9.47 Å². The van der Waals surface area contributed by atoms with Gasteiger partial charge in [-0.15, -0.1) is 0 Å². The van der Waals surface area contributed by atoms with Gasteiger partial charge in [-0.05, 0) is 19.9 Å². The number of hydrogen-bond acceptors (Lipinski definition) is 4. The molecule has 0 amide bonds. The second kappa shape index (κ2) is 6.12. The van der Waals surface area contributed by atoms with Crippen molar-refractivity contribution in [1.82, 2.24) is 0 Å². The third-order valence-electron chi connectivity index (χ3n) is 2.02. The molecule has 0 radical (unpaired) electrons. The topological polar surface area (TPSA) is 55.8 Å². The van der Waals surface area contributed by atoms with E-state index in [1.165, 1.54) is 0 Å². The lowest BCUT2D eigenvalue weighted by Gasteiger charge is -2.12. The number of benzene rings is 1. The van der Waals surface area contributed by atoms with Crippen molar-refractivity contribution in [2.45, 2.75) is 20.0 Å². The molecule has 4 nitrogen and oxygen atoms in total. The van der Waals surface area contributed by atoms with E-state index in [1.54, 1.807) is 38.1 Å². The molecule has 0 saturated carbocycles. The lowest BCUT2D eigenvalue weighted by molar-refractivity contribution is -0.145. The van der Waals surface area contributed by atoms with Gasteiger partial charge in [0.05, 0.1) is 12.7 Å². The van der Waals surface area contributed by atoms with Crippen LogP contribution < -0.4 is 4.74 Å². The van der Waals surface area contributed by atoms with E-state index < -0.39 is 12.1 Å². The highest BCUT2D eigenvalue weighted by Gasteiger charge is 2.10. The Labute approximate surface area is 94.8 Å². The summed E-state index contributed by atoms with van der Waals surface area (Å²) in [6, 6.07) is 7.05. The van der Waals surface area contributed by atoms with Crippen molar-refractivity contribution in [1.29, 1.82) is 0 Å². The molecule has 1 unspecified atom stereocenters. The lowest BCUT2D eigenvalue weighted by atomic mass is 10.1. The molecular formula is C12H16O4. The highest BCUT2D eigenvalue weighted by atomic mass is 16.6. The number of carbonyl (C=O) groups excluding carboxylic acids is 1. The normalized spacial score (nSPS) is 11.9. The van der Waals surface area contributed by atoms with Crippen LogP contribution in [0, 0.1) is 0 Å². The van der Waals surface area contributed by atoms with Crippen LogP contribution in [0.3, 0.4) is 0 Å². The molecule has 4 heteroatoms. The molecule has 0 bridgehead atoms. The Morgan fingerprint density at radius 1 is 1.44 bits per heavy atom. The fourth-order valence-electron chi connectivity index (χ4n) is 1.30. The molecule has 0 saturated heterocycles. The fourth-order valence-corrected chi connectivity index (χ4v) is 1.30. The van der Waals surface area contributed by atoms with Crippen LogP contribution in [0.2, 0.25) is 0 Å². The molecule has 1 atom stereocenters. The summed E-state index contributed by atoms with van der Waals surface area (Å²) < 4.78 is 10.0. The monoisotopic (exact) mass is 224 g/mol. The van der Waals surface area contributed by atoms with Crippen molar-refractivity contribution in [3.63, 3.8) is 0 Å². The summed E-state index contributed by atoms with van der Waals surface area (Å²) in [5.74, 6) is 0.0912. The van der Waals surface area contributed by atoms with E-state index in [1.807, 2.05) is 0 Å². The molecule has 1 aromatic rings. The molecule has 0 aromatic heterocycles. The van der Waals surface area contributed by atoms with Crippen molar-refractivity contribution < 1.29 is 19.4 Å². The maximum atomic E-state index is 11.1. The van der Waals surface area contributed by atoms with Crippen LogP contribution in [-0.4, -0.2) is 24.3 Å². The Hall–Kier alpha value is -1.55. The van der Waals surface area contributed by atoms with Gasteiger partial charge < -0.3 is 14.6 Å². The maximum absolute atomic E-state index is 11.1. The zero-order chi connectivity index (χ0) is 12.0. The Morgan fingerprint density at radius 3 is 2.75 bits per heavy atom. The lowest BCUT2D eigenvalue weighted by Crippen LogP contribution is -2.15. The Kier molecular flexibility index (Phi) is 4.79. The highest BCUT2D eigenvalue weighted by molar-refractivity contribution is 5.71. The number of esters is 1.